The number of piperidine rings is 1. The molecule has 0 spiro atoms. The highest BCUT2D eigenvalue weighted by molar-refractivity contribution is 5.80. The van der Waals surface area contributed by atoms with Gasteiger partial charge in [-0.1, -0.05) is 6.07 Å². The molecule has 0 unspecified atom stereocenters. The van der Waals surface area contributed by atoms with Crippen molar-refractivity contribution < 1.29 is 27.8 Å². The lowest BCUT2D eigenvalue weighted by Crippen LogP contribution is -2.44. The topological polar surface area (TPSA) is 92.0 Å². The molecule has 4 rings (SSSR count). The second kappa shape index (κ2) is 12.3. The minimum Gasteiger partial charge on any atom is -0.493 e. The zero-order chi connectivity index (χ0) is 28.1. The van der Waals surface area contributed by atoms with Gasteiger partial charge >= 0.3 is 5.69 Å². The SMILES string of the molecule is COc1cc(Cn2c(=O)c3cc(OC(CF)CF)ccc3n(C3CCN(C=O)CC3)c2=O)ccc1OC(C)C. The van der Waals surface area contributed by atoms with Crippen molar-refractivity contribution in [1.29, 1.82) is 0 Å². The van der Waals surface area contributed by atoms with E-state index < -0.39 is 30.7 Å². The number of amides is 1. The zero-order valence-electron chi connectivity index (χ0n) is 22.3. The Labute approximate surface area is 224 Å². The number of carbonyl (C=O) groups is 1. The summed E-state index contributed by atoms with van der Waals surface area (Å²) in [6.45, 7) is 2.66. The Morgan fingerprint density at radius 3 is 2.33 bits per heavy atom. The predicted octanol–water partition coefficient (Wildman–Crippen LogP) is 3.49. The Morgan fingerprint density at radius 2 is 1.72 bits per heavy atom. The van der Waals surface area contributed by atoms with E-state index in [1.165, 1.54) is 19.2 Å². The summed E-state index contributed by atoms with van der Waals surface area (Å²) in [6.07, 6.45) is 0.489. The van der Waals surface area contributed by atoms with E-state index in [9.17, 15) is 23.2 Å². The minimum absolute atomic E-state index is 0.0399. The third kappa shape index (κ3) is 6.07. The number of aromatic nitrogens is 2. The third-order valence-corrected chi connectivity index (χ3v) is 6.73. The number of ether oxygens (including phenoxy) is 3. The van der Waals surface area contributed by atoms with Gasteiger partial charge in [-0.2, -0.15) is 0 Å². The zero-order valence-corrected chi connectivity index (χ0v) is 22.3. The Bertz CT molecular complexity index is 1430. The summed E-state index contributed by atoms with van der Waals surface area (Å²) in [5.74, 6) is 1.14. The van der Waals surface area contributed by atoms with E-state index in [2.05, 4.69) is 0 Å². The van der Waals surface area contributed by atoms with Crippen molar-refractivity contribution in [2.75, 3.05) is 33.5 Å². The van der Waals surface area contributed by atoms with Gasteiger partial charge in [-0.15, -0.1) is 0 Å². The maximum Gasteiger partial charge on any atom is 0.332 e. The van der Waals surface area contributed by atoms with Crippen molar-refractivity contribution in [3.8, 4) is 17.2 Å². The smallest absolute Gasteiger partial charge is 0.332 e. The summed E-state index contributed by atoms with van der Waals surface area (Å²) in [6, 6.07) is 9.44. The monoisotopic (exact) mass is 545 g/mol. The van der Waals surface area contributed by atoms with Crippen LogP contribution in [-0.4, -0.2) is 66.2 Å². The standard InChI is InChI=1S/C28H33F2N3O6/c1-18(2)38-25-7-4-19(12-26(25)37-3)16-32-27(35)23-13-21(39-22(14-29)15-30)5-6-24(23)33(28(32)36)20-8-10-31(17-34)11-9-20/h4-7,12-13,17-18,20,22H,8-11,14-16H2,1-3H3. The Morgan fingerprint density at radius 1 is 1.00 bits per heavy atom. The molecule has 1 aromatic heterocycles. The third-order valence-electron chi connectivity index (χ3n) is 6.73. The molecule has 1 amide bonds. The van der Waals surface area contributed by atoms with Gasteiger partial charge in [0, 0.05) is 19.1 Å². The Kier molecular flexibility index (Phi) is 8.88. The molecule has 0 N–H and O–H groups in total. The molecule has 0 aliphatic carbocycles. The number of alkyl halides is 2. The van der Waals surface area contributed by atoms with Crippen LogP contribution in [0.15, 0.2) is 46.0 Å². The first-order valence-corrected chi connectivity index (χ1v) is 12.9. The van der Waals surface area contributed by atoms with Crippen molar-refractivity contribution in [2.24, 2.45) is 0 Å². The first kappa shape index (κ1) is 28.1. The number of benzene rings is 2. The first-order valence-electron chi connectivity index (χ1n) is 12.9. The molecular weight excluding hydrogens is 512 g/mol. The molecule has 11 heteroatoms. The van der Waals surface area contributed by atoms with Crippen LogP contribution in [0.5, 0.6) is 17.2 Å². The summed E-state index contributed by atoms with van der Waals surface area (Å²) < 4.78 is 45.5. The lowest BCUT2D eigenvalue weighted by molar-refractivity contribution is -0.119. The van der Waals surface area contributed by atoms with Gasteiger partial charge in [0.25, 0.3) is 5.56 Å². The summed E-state index contributed by atoms with van der Waals surface area (Å²) in [7, 11) is 1.51. The quantitative estimate of drug-likeness (QED) is 0.343. The summed E-state index contributed by atoms with van der Waals surface area (Å²) in [5.41, 5.74) is -0.00208. The van der Waals surface area contributed by atoms with E-state index in [0.29, 0.717) is 48.5 Å². The fraction of sp³-hybridized carbons (Fsp3) is 0.464. The highest BCUT2D eigenvalue weighted by atomic mass is 19.1. The number of hydrogen-bond acceptors (Lipinski definition) is 6. The molecule has 9 nitrogen and oxygen atoms in total. The first-order chi connectivity index (χ1) is 18.8. The number of fused-ring (bicyclic) bond motifs is 1. The van der Waals surface area contributed by atoms with Gasteiger partial charge in [0.15, 0.2) is 17.6 Å². The van der Waals surface area contributed by atoms with E-state index in [1.807, 2.05) is 13.8 Å². The highest BCUT2D eigenvalue weighted by Crippen LogP contribution is 2.30. The number of carbonyl (C=O) groups excluding carboxylic acids is 1. The predicted molar refractivity (Wildman–Crippen MR) is 143 cm³/mol. The van der Waals surface area contributed by atoms with Gasteiger partial charge in [0.05, 0.1) is 30.7 Å². The lowest BCUT2D eigenvalue weighted by Gasteiger charge is -2.31. The highest BCUT2D eigenvalue weighted by Gasteiger charge is 2.25. The van der Waals surface area contributed by atoms with E-state index in [0.717, 1.165) is 11.0 Å². The molecule has 0 saturated carbocycles. The number of likely N-dealkylation sites (tertiary alicyclic amines) is 1. The molecule has 2 heterocycles. The molecule has 210 valence electrons. The summed E-state index contributed by atoms with van der Waals surface area (Å²) in [5, 5.41) is 0.188. The van der Waals surface area contributed by atoms with Gasteiger partial charge in [0.2, 0.25) is 6.41 Å². The molecule has 1 saturated heterocycles. The molecule has 0 radical (unpaired) electrons. The number of rotatable bonds is 11. The fourth-order valence-electron chi connectivity index (χ4n) is 4.82. The number of hydrogen-bond donors (Lipinski definition) is 0. The molecule has 2 aromatic carbocycles. The van der Waals surface area contributed by atoms with Crippen LogP contribution in [0.1, 0.15) is 38.3 Å². The van der Waals surface area contributed by atoms with Gasteiger partial charge in [-0.3, -0.25) is 18.7 Å². The van der Waals surface area contributed by atoms with Gasteiger partial charge in [-0.05, 0) is 62.6 Å². The number of halogens is 2. The average molecular weight is 546 g/mol. The van der Waals surface area contributed by atoms with Crippen LogP contribution in [0, 0.1) is 0 Å². The average Bonchev–Trinajstić information content (AvgIpc) is 2.95. The van der Waals surface area contributed by atoms with Crippen LogP contribution in [-0.2, 0) is 11.3 Å². The van der Waals surface area contributed by atoms with E-state index in [4.69, 9.17) is 14.2 Å². The van der Waals surface area contributed by atoms with E-state index in [-0.39, 0.29) is 29.8 Å². The second-order valence-electron chi connectivity index (χ2n) is 9.80. The van der Waals surface area contributed by atoms with Crippen molar-refractivity contribution in [1.82, 2.24) is 14.0 Å². The molecule has 1 aliphatic heterocycles. The largest absolute Gasteiger partial charge is 0.493 e. The summed E-state index contributed by atoms with van der Waals surface area (Å²) in [4.78, 5) is 40.4. The Hall–Kier alpha value is -3.89. The molecule has 1 fully saturated rings. The van der Waals surface area contributed by atoms with Crippen LogP contribution >= 0.6 is 0 Å². The van der Waals surface area contributed by atoms with Crippen LogP contribution in [0.3, 0.4) is 0 Å². The molecule has 0 atom stereocenters. The van der Waals surface area contributed by atoms with E-state index in [1.54, 1.807) is 33.7 Å². The van der Waals surface area contributed by atoms with Crippen LogP contribution < -0.4 is 25.5 Å². The fourth-order valence-corrected chi connectivity index (χ4v) is 4.82. The minimum atomic E-state index is -1.29. The van der Waals surface area contributed by atoms with Crippen LogP contribution in [0.25, 0.3) is 10.9 Å². The number of nitrogens with zero attached hydrogens (tertiary/aromatic N) is 3. The second-order valence-corrected chi connectivity index (χ2v) is 9.80. The Balaban J connectivity index is 1.83. The van der Waals surface area contributed by atoms with Gasteiger partial charge in [0.1, 0.15) is 19.1 Å². The molecule has 1 aliphatic rings. The maximum absolute atomic E-state index is 13.8. The number of methoxy groups -OCH3 is 1. The van der Waals surface area contributed by atoms with Crippen molar-refractivity contribution in [3.63, 3.8) is 0 Å². The van der Waals surface area contributed by atoms with Crippen molar-refractivity contribution >= 4 is 17.3 Å². The molecule has 0 bridgehead atoms. The van der Waals surface area contributed by atoms with Gasteiger partial charge < -0.3 is 19.1 Å². The lowest BCUT2D eigenvalue weighted by atomic mass is 10.0. The molecular formula is C28H33F2N3O6. The van der Waals surface area contributed by atoms with Crippen molar-refractivity contribution in [3.05, 3.63) is 62.8 Å². The van der Waals surface area contributed by atoms with Crippen molar-refractivity contribution in [2.45, 2.75) is 51.5 Å². The van der Waals surface area contributed by atoms with Gasteiger partial charge in [-0.25, -0.2) is 13.6 Å². The molecule has 39 heavy (non-hydrogen) atoms. The van der Waals surface area contributed by atoms with E-state index >= 15 is 0 Å². The van der Waals surface area contributed by atoms with Crippen LogP contribution in [0.4, 0.5) is 8.78 Å². The van der Waals surface area contributed by atoms with Crippen LogP contribution in [0.2, 0.25) is 0 Å². The maximum atomic E-state index is 13.8. The normalized spacial score (nSPS) is 14.3. The molecule has 3 aromatic rings. The summed E-state index contributed by atoms with van der Waals surface area (Å²) >= 11 is 0.